The van der Waals surface area contributed by atoms with E-state index in [1.165, 1.54) is 0 Å². The second-order valence-corrected chi connectivity index (χ2v) is 4.84. The number of rotatable bonds is 4. The van der Waals surface area contributed by atoms with Crippen LogP contribution in [0.3, 0.4) is 0 Å². The number of aryl methyl sites for hydroxylation is 1. The first-order valence-electron chi connectivity index (χ1n) is 6.88. The van der Waals surface area contributed by atoms with E-state index < -0.39 is 0 Å². The fourth-order valence-corrected chi connectivity index (χ4v) is 1.99. The van der Waals surface area contributed by atoms with Crippen LogP contribution in [-0.4, -0.2) is 25.7 Å². The van der Waals surface area contributed by atoms with Gasteiger partial charge < -0.3 is 5.32 Å². The molecule has 0 saturated heterocycles. The molecule has 3 rings (SSSR count). The van der Waals surface area contributed by atoms with Crippen LogP contribution in [0.4, 0.5) is 0 Å². The quantitative estimate of drug-likeness (QED) is 0.797. The summed E-state index contributed by atoms with van der Waals surface area (Å²) >= 11 is 0. The third-order valence-corrected chi connectivity index (χ3v) is 3.18. The van der Waals surface area contributed by atoms with Gasteiger partial charge in [0.05, 0.1) is 5.56 Å². The topological polar surface area (TPSA) is 72.7 Å². The molecule has 6 heteroatoms. The van der Waals surface area contributed by atoms with Crippen LogP contribution < -0.4 is 5.32 Å². The van der Waals surface area contributed by atoms with E-state index in [1.807, 2.05) is 37.4 Å². The minimum absolute atomic E-state index is 0.148. The molecule has 0 spiro atoms. The molecule has 0 aliphatic rings. The number of nitrogens with one attached hydrogen (secondary N) is 1. The molecule has 0 bridgehead atoms. The second kappa shape index (κ2) is 6.17. The van der Waals surface area contributed by atoms with Gasteiger partial charge in [-0.3, -0.25) is 9.78 Å². The third-order valence-electron chi connectivity index (χ3n) is 3.18. The molecule has 0 aliphatic carbocycles. The zero-order valence-electron chi connectivity index (χ0n) is 12.1. The lowest BCUT2D eigenvalue weighted by Gasteiger charge is -2.07. The largest absolute Gasteiger partial charge is 0.348 e. The number of aromatic nitrogens is 4. The Bertz CT molecular complexity index is 765. The molecule has 1 amide bonds. The van der Waals surface area contributed by atoms with Crippen LogP contribution in [-0.2, 0) is 6.54 Å². The molecular weight excluding hydrogens is 278 g/mol. The maximum atomic E-state index is 12.1. The minimum Gasteiger partial charge on any atom is -0.348 e. The monoisotopic (exact) mass is 293 g/mol. The van der Waals surface area contributed by atoms with Gasteiger partial charge in [0.2, 0.25) is 0 Å². The number of carbonyl (C=O) groups is 1. The van der Waals surface area contributed by atoms with E-state index >= 15 is 0 Å². The summed E-state index contributed by atoms with van der Waals surface area (Å²) in [7, 11) is 0. The van der Waals surface area contributed by atoms with E-state index in [-0.39, 0.29) is 5.91 Å². The Balaban J connectivity index is 1.67. The zero-order valence-corrected chi connectivity index (χ0v) is 12.1. The van der Waals surface area contributed by atoms with Crippen molar-refractivity contribution in [3.05, 3.63) is 71.9 Å². The number of amides is 1. The van der Waals surface area contributed by atoms with E-state index in [4.69, 9.17) is 0 Å². The van der Waals surface area contributed by atoms with E-state index in [1.54, 1.807) is 29.3 Å². The predicted molar refractivity (Wildman–Crippen MR) is 81.5 cm³/mol. The van der Waals surface area contributed by atoms with Crippen molar-refractivity contribution in [1.82, 2.24) is 25.1 Å². The highest BCUT2D eigenvalue weighted by molar-refractivity contribution is 5.93. The lowest BCUT2D eigenvalue weighted by molar-refractivity contribution is 0.0950. The van der Waals surface area contributed by atoms with Gasteiger partial charge in [-0.25, -0.2) is 9.67 Å². The predicted octanol–water partition coefficient (Wildman–Crippen LogP) is 1.90. The Morgan fingerprint density at radius 2 is 2.14 bits per heavy atom. The molecule has 0 atom stereocenters. The highest BCUT2D eigenvalue weighted by atomic mass is 16.1. The normalized spacial score (nSPS) is 10.4. The maximum absolute atomic E-state index is 12.1. The van der Waals surface area contributed by atoms with Crippen molar-refractivity contribution < 1.29 is 4.79 Å². The van der Waals surface area contributed by atoms with Crippen LogP contribution in [0.15, 0.2) is 55.1 Å². The molecule has 0 aliphatic heterocycles. The molecule has 0 saturated carbocycles. The van der Waals surface area contributed by atoms with Crippen LogP contribution in [0.5, 0.6) is 0 Å². The van der Waals surface area contributed by atoms with Crippen LogP contribution in [0, 0.1) is 6.92 Å². The maximum Gasteiger partial charge on any atom is 0.253 e. The van der Waals surface area contributed by atoms with E-state index in [0.717, 1.165) is 11.3 Å². The van der Waals surface area contributed by atoms with Gasteiger partial charge in [0.1, 0.15) is 0 Å². The zero-order chi connectivity index (χ0) is 15.4. The molecule has 110 valence electrons. The lowest BCUT2D eigenvalue weighted by atomic mass is 10.2. The number of hydrogen-bond acceptors (Lipinski definition) is 4. The minimum atomic E-state index is -0.148. The summed E-state index contributed by atoms with van der Waals surface area (Å²) in [5, 5.41) is 7.01. The molecule has 0 unspecified atom stereocenters. The van der Waals surface area contributed by atoms with Gasteiger partial charge in [-0.2, -0.15) is 5.10 Å². The molecular formula is C16H15N5O. The van der Waals surface area contributed by atoms with Crippen molar-refractivity contribution >= 4 is 5.91 Å². The summed E-state index contributed by atoms with van der Waals surface area (Å²) in [4.78, 5) is 20.4. The summed E-state index contributed by atoms with van der Waals surface area (Å²) < 4.78 is 1.68. The lowest BCUT2D eigenvalue weighted by Crippen LogP contribution is -2.23. The average Bonchev–Trinajstić information content (AvgIpc) is 3.08. The molecule has 3 aromatic heterocycles. The Hall–Kier alpha value is -3.02. The first kappa shape index (κ1) is 13.9. The number of hydrogen-bond donors (Lipinski definition) is 1. The molecule has 3 heterocycles. The van der Waals surface area contributed by atoms with Gasteiger partial charge in [0, 0.05) is 37.0 Å². The molecule has 0 fully saturated rings. The molecule has 1 N–H and O–H groups in total. The Morgan fingerprint density at radius 1 is 1.23 bits per heavy atom. The van der Waals surface area contributed by atoms with E-state index in [0.29, 0.717) is 17.9 Å². The highest BCUT2D eigenvalue weighted by Crippen LogP contribution is 2.06. The molecule has 6 nitrogen and oxygen atoms in total. The Kier molecular flexibility index (Phi) is 3.91. The van der Waals surface area contributed by atoms with Crippen molar-refractivity contribution in [3.8, 4) is 5.82 Å². The molecule has 3 aromatic rings. The summed E-state index contributed by atoms with van der Waals surface area (Å²) in [5.74, 6) is 0.568. The summed E-state index contributed by atoms with van der Waals surface area (Å²) in [6, 6.07) is 9.17. The second-order valence-electron chi connectivity index (χ2n) is 4.84. The van der Waals surface area contributed by atoms with Crippen LogP contribution in [0.1, 0.15) is 21.6 Å². The smallest absolute Gasteiger partial charge is 0.253 e. The molecule has 0 radical (unpaired) electrons. The van der Waals surface area contributed by atoms with E-state index in [2.05, 4.69) is 20.4 Å². The van der Waals surface area contributed by atoms with Gasteiger partial charge in [0.25, 0.3) is 5.91 Å². The summed E-state index contributed by atoms with van der Waals surface area (Å²) in [5.41, 5.74) is 2.38. The van der Waals surface area contributed by atoms with Gasteiger partial charge in [-0.05, 0) is 42.8 Å². The van der Waals surface area contributed by atoms with Gasteiger partial charge >= 0.3 is 0 Å². The Labute approximate surface area is 127 Å². The van der Waals surface area contributed by atoms with Gasteiger partial charge in [-0.1, -0.05) is 0 Å². The summed E-state index contributed by atoms with van der Waals surface area (Å²) in [6.45, 7) is 2.30. The number of nitrogens with zero attached hydrogens (tertiary/aromatic N) is 4. The molecule has 22 heavy (non-hydrogen) atoms. The van der Waals surface area contributed by atoms with Crippen LogP contribution in [0.25, 0.3) is 5.82 Å². The van der Waals surface area contributed by atoms with E-state index in [9.17, 15) is 4.79 Å². The fourth-order valence-electron chi connectivity index (χ4n) is 1.99. The SMILES string of the molecule is Cc1ccc(C(=O)NCc2ccnc(-n3cccn3)c2)cn1. The Morgan fingerprint density at radius 3 is 2.86 bits per heavy atom. The van der Waals surface area contributed by atoms with Crippen molar-refractivity contribution in [2.45, 2.75) is 13.5 Å². The fraction of sp³-hybridized carbons (Fsp3) is 0.125. The van der Waals surface area contributed by atoms with Crippen molar-refractivity contribution in [1.29, 1.82) is 0 Å². The highest BCUT2D eigenvalue weighted by Gasteiger charge is 2.06. The van der Waals surface area contributed by atoms with Crippen molar-refractivity contribution in [3.63, 3.8) is 0 Å². The first-order valence-corrected chi connectivity index (χ1v) is 6.88. The van der Waals surface area contributed by atoms with Crippen molar-refractivity contribution in [2.75, 3.05) is 0 Å². The van der Waals surface area contributed by atoms with Crippen LogP contribution in [0.2, 0.25) is 0 Å². The standard InChI is InChI=1S/C16H15N5O/c1-12-3-4-14(11-18-12)16(22)19-10-13-5-7-17-15(9-13)21-8-2-6-20-21/h2-9,11H,10H2,1H3,(H,19,22). The van der Waals surface area contributed by atoms with Gasteiger partial charge in [-0.15, -0.1) is 0 Å². The number of carbonyl (C=O) groups excluding carboxylic acids is 1. The first-order chi connectivity index (χ1) is 10.7. The van der Waals surface area contributed by atoms with Gasteiger partial charge in [0.15, 0.2) is 5.82 Å². The third kappa shape index (κ3) is 3.17. The summed E-state index contributed by atoms with van der Waals surface area (Å²) in [6.07, 6.45) is 6.79. The number of pyridine rings is 2. The van der Waals surface area contributed by atoms with Crippen LogP contribution >= 0.6 is 0 Å². The average molecular weight is 293 g/mol. The van der Waals surface area contributed by atoms with Crippen molar-refractivity contribution in [2.24, 2.45) is 0 Å². The molecule has 0 aromatic carbocycles.